The van der Waals surface area contributed by atoms with Gasteiger partial charge >= 0.3 is 0 Å². The molecule has 1 aromatic carbocycles. The summed E-state index contributed by atoms with van der Waals surface area (Å²) < 4.78 is 5.49. The lowest BCUT2D eigenvalue weighted by Crippen LogP contribution is -3.12. The number of aryl methyl sites for hydroxylation is 2. The average molecular weight is 384 g/mol. The second kappa shape index (κ2) is 7.92. The predicted octanol–water partition coefficient (Wildman–Crippen LogP) is 2.36. The Balaban J connectivity index is 1.69. The lowest BCUT2D eigenvalue weighted by Gasteiger charge is -2.24. The van der Waals surface area contributed by atoms with Crippen molar-refractivity contribution in [3.8, 4) is 0 Å². The number of aromatic nitrogens is 2. The second-order valence-electron chi connectivity index (χ2n) is 7.31. The van der Waals surface area contributed by atoms with Crippen LogP contribution in [0, 0.1) is 13.8 Å². The van der Waals surface area contributed by atoms with Gasteiger partial charge in [-0.2, -0.15) is 0 Å². The molecule has 0 amide bonds. The molecule has 2 aromatic heterocycles. The minimum atomic E-state index is 0.829. The fourth-order valence-corrected chi connectivity index (χ4v) is 4.66. The fraction of sp³-hybridized carbons (Fsp3) is 0.429. The van der Waals surface area contributed by atoms with Crippen molar-refractivity contribution in [2.45, 2.75) is 26.9 Å². The van der Waals surface area contributed by atoms with E-state index in [1.54, 1.807) is 11.3 Å². The molecular formula is C21H27N4OS+. The lowest BCUT2D eigenvalue weighted by molar-refractivity contribution is -0.922. The largest absolute Gasteiger partial charge is 0.370 e. The summed E-state index contributed by atoms with van der Waals surface area (Å²) in [6.45, 7) is 9.77. The number of nitrogens with zero attached hydrogens (tertiary/aromatic N) is 3. The van der Waals surface area contributed by atoms with Gasteiger partial charge < -0.3 is 14.5 Å². The van der Waals surface area contributed by atoms with Crippen LogP contribution >= 0.6 is 11.3 Å². The maximum Gasteiger partial charge on any atom is 0.187 e. The maximum atomic E-state index is 5.49. The molecule has 142 valence electrons. The Morgan fingerprint density at radius 3 is 2.59 bits per heavy atom. The van der Waals surface area contributed by atoms with E-state index < -0.39 is 0 Å². The molecule has 4 rings (SSSR count). The fourth-order valence-electron chi connectivity index (χ4n) is 3.62. The quantitative estimate of drug-likeness (QED) is 0.735. The Morgan fingerprint density at radius 1 is 1.11 bits per heavy atom. The Morgan fingerprint density at radius 2 is 1.85 bits per heavy atom. The van der Waals surface area contributed by atoms with Crippen molar-refractivity contribution in [3.63, 3.8) is 0 Å². The van der Waals surface area contributed by atoms with Crippen molar-refractivity contribution in [2.24, 2.45) is 0 Å². The van der Waals surface area contributed by atoms with Crippen LogP contribution in [0.25, 0.3) is 10.2 Å². The molecule has 0 radical (unpaired) electrons. The van der Waals surface area contributed by atoms with Crippen LogP contribution in [0.3, 0.4) is 0 Å². The third-order valence-electron chi connectivity index (χ3n) is 5.29. The minimum absolute atomic E-state index is 0.829. The lowest BCUT2D eigenvalue weighted by atomic mass is 10.2. The number of hydrogen-bond acceptors (Lipinski definition) is 5. The van der Waals surface area contributed by atoms with Crippen LogP contribution in [0.2, 0.25) is 0 Å². The molecule has 1 saturated heterocycles. The highest BCUT2D eigenvalue weighted by atomic mass is 32.1. The van der Waals surface area contributed by atoms with E-state index in [2.05, 4.69) is 56.1 Å². The topological polar surface area (TPSA) is 42.7 Å². The molecule has 0 bridgehead atoms. The molecule has 0 aliphatic carbocycles. The predicted molar refractivity (Wildman–Crippen MR) is 111 cm³/mol. The van der Waals surface area contributed by atoms with E-state index in [-0.39, 0.29) is 0 Å². The number of benzene rings is 1. The summed E-state index contributed by atoms with van der Waals surface area (Å²) in [4.78, 5) is 16.1. The number of nitrogens with one attached hydrogen (secondary N) is 1. The SMILES string of the molecule is Cc1sc2nc(C[NH+]3CCOCC3)nc(N(C)Cc3ccccc3)c2c1C. The number of rotatable bonds is 5. The molecule has 0 unspecified atom stereocenters. The third-order valence-corrected chi connectivity index (χ3v) is 6.39. The molecule has 1 aliphatic rings. The number of quaternary nitrogens is 1. The summed E-state index contributed by atoms with van der Waals surface area (Å²) in [5, 5.41) is 1.21. The van der Waals surface area contributed by atoms with Gasteiger partial charge in [-0.3, -0.25) is 0 Å². The highest BCUT2D eigenvalue weighted by molar-refractivity contribution is 7.18. The van der Waals surface area contributed by atoms with Crippen LogP contribution < -0.4 is 9.80 Å². The summed E-state index contributed by atoms with van der Waals surface area (Å²) in [6, 6.07) is 10.6. The van der Waals surface area contributed by atoms with E-state index in [1.165, 1.54) is 26.3 Å². The van der Waals surface area contributed by atoms with Crippen LogP contribution in [0.15, 0.2) is 30.3 Å². The first-order chi connectivity index (χ1) is 13.1. The van der Waals surface area contributed by atoms with E-state index in [1.807, 2.05) is 0 Å². The summed E-state index contributed by atoms with van der Waals surface area (Å²) >= 11 is 1.78. The van der Waals surface area contributed by atoms with E-state index in [0.717, 1.165) is 55.9 Å². The van der Waals surface area contributed by atoms with Crippen molar-refractivity contribution in [1.82, 2.24) is 9.97 Å². The Labute approximate surface area is 164 Å². The monoisotopic (exact) mass is 383 g/mol. The number of anilines is 1. The van der Waals surface area contributed by atoms with Gasteiger partial charge in [0.25, 0.3) is 0 Å². The van der Waals surface area contributed by atoms with Crippen molar-refractivity contribution in [2.75, 3.05) is 38.3 Å². The third kappa shape index (κ3) is 3.98. The average Bonchev–Trinajstić information content (AvgIpc) is 2.96. The molecule has 3 heterocycles. The zero-order valence-electron chi connectivity index (χ0n) is 16.3. The zero-order chi connectivity index (χ0) is 18.8. The highest BCUT2D eigenvalue weighted by Gasteiger charge is 2.21. The number of fused-ring (bicyclic) bond motifs is 1. The van der Waals surface area contributed by atoms with Crippen LogP contribution in [0.1, 0.15) is 21.8 Å². The van der Waals surface area contributed by atoms with Gasteiger partial charge in [0.2, 0.25) is 0 Å². The van der Waals surface area contributed by atoms with Crippen molar-refractivity contribution >= 4 is 27.4 Å². The van der Waals surface area contributed by atoms with Crippen molar-refractivity contribution < 1.29 is 9.64 Å². The molecule has 1 fully saturated rings. The number of morpholine rings is 1. The maximum absolute atomic E-state index is 5.49. The molecule has 1 N–H and O–H groups in total. The summed E-state index contributed by atoms with van der Waals surface area (Å²) in [5.74, 6) is 1.99. The first-order valence-corrected chi connectivity index (χ1v) is 10.4. The van der Waals surface area contributed by atoms with E-state index >= 15 is 0 Å². The van der Waals surface area contributed by atoms with Crippen LogP contribution in [-0.4, -0.2) is 43.3 Å². The number of hydrogen-bond donors (Lipinski definition) is 1. The molecule has 27 heavy (non-hydrogen) atoms. The van der Waals surface area contributed by atoms with E-state index in [9.17, 15) is 0 Å². The molecule has 0 atom stereocenters. The molecule has 6 heteroatoms. The molecule has 3 aromatic rings. The zero-order valence-corrected chi connectivity index (χ0v) is 17.1. The second-order valence-corrected chi connectivity index (χ2v) is 8.51. The van der Waals surface area contributed by atoms with Crippen LogP contribution in [0.5, 0.6) is 0 Å². The van der Waals surface area contributed by atoms with Gasteiger partial charge in [0.1, 0.15) is 30.3 Å². The van der Waals surface area contributed by atoms with Crippen LogP contribution in [0.4, 0.5) is 5.82 Å². The Hall–Kier alpha value is -2.02. The Kier molecular flexibility index (Phi) is 5.38. The number of ether oxygens (including phenoxy) is 1. The first-order valence-electron chi connectivity index (χ1n) is 9.55. The van der Waals surface area contributed by atoms with Gasteiger partial charge in [-0.25, -0.2) is 9.97 Å². The highest BCUT2D eigenvalue weighted by Crippen LogP contribution is 2.35. The normalized spacial score (nSPS) is 15.4. The summed E-state index contributed by atoms with van der Waals surface area (Å²) in [5.41, 5.74) is 2.59. The van der Waals surface area contributed by atoms with Gasteiger partial charge in [-0.05, 0) is 25.0 Å². The van der Waals surface area contributed by atoms with Gasteiger partial charge in [0, 0.05) is 18.5 Å². The smallest absolute Gasteiger partial charge is 0.187 e. The molecule has 0 spiro atoms. The van der Waals surface area contributed by atoms with Crippen LogP contribution in [-0.2, 0) is 17.8 Å². The molecular weight excluding hydrogens is 356 g/mol. The van der Waals surface area contributed by atoms with Gasteiger partial charge in [-0.15, -0.1) is 11.3 Å². The number of thiophene rings is 1. The standard InChI is InChI=1S/C21H26N4OS/c1-15-16(2)27-21-19(15)20(24(3)13-17-7-5-4-6-8-17)22-18(23-21)14-25-9-11-26-12-10-25/h4-8H,9-14H2,1-3H3/p+1. The van der Waals surface area contributed by atoms with Crippen molar-refractivity contribution in [3.05, 3.63) is 52.2 Å². The summed E-state index contributed by atoms with van der Waals surface area (Å²) in [6.07, 6.45) is 0. The van der Waals surface area contributed by atoms with E-state index in [0.29, 0.717) is 0 Å². The van der Waals surface area contributed by atoms with Gasteiger partial charge in [-0.1, -0.05) is 30.3 Å². The minimum Gasteiger partial charge on any atom is -0.370 e. The first kappa shape index (κ1) is 18.3. The van der Waals surface area contributed by atoms with Gasteiger partial charge in [0.05, 0.1) is 18.6 Å². The Bertz CT molecular complexity index is 919. The van der Waals surface area contributed by atoms with E-state index in [4.69, 9.17) is 14.7 Å². The summed E-state index contributed by atoms with van der Waals surface area (Å²) in [7, 11) is 2.13. The molecule has 1 aliphatic heterocycles. The van der Waals surface area contributed by atoms with Gasteiger partial charge in [0.15, 0.2) is 5.82 Å². The molecule has 0 saturated carbocycles. The molecule has 5 nitrogen and oxygen atoms in total. The van der Waals surface area contributed by atoms with Crippen molar-refractivity contribution in [1.29, 1.82) is 0 Å².